The summed E-state index contributed by atoms with van der Waals surface area (Å²) in [5.74, 6) is 1.12. The first-order valence-electron chi connectivity index (χ1n) is 8.04. The van der Waals surface area contributed by atoms with Crippen LogP contribution in [0.5, 0.6) is 11.6 Å². The number of aromatic nitrogens is 2. The molecule has 0 saturated heterocycles. The van der Waals surface area contributed by atoms with Crippen molar-refractivity contribution >= 4 is 17.6 Å². The van der Waals surface area contributed by atoms with Gasteiger partial charge in [0.15, 0.2) is 6.61 Å². The maximum absolute atomic E-state index is 11.2. The van der Waals surface area contributed by atoms with Gasteiger partial charge in [-0.3, -0.25) is 4.68 Å². The zero-order valence-corrected chi connectivity index (χ0v) is 15.7. The molecule has 136 valence electrons. The summed E-state index contributed by atoms with van der Waals surface area (Å²) in [5.41, 5.74) is 1.83. The summed E-state index contributed by atoms with van der Waals surface area (Å²) in [6, 6.07) is 7.31. The van der Waals surface area contributed by atoms with Gasteiger partial charge in [-0.2, -0.15) is 0 Å². The van der Waals surface area contributed by atoms with Crippen molar-refractivity contribution in [1.82, 2.24) is 9.78 Å². The standard InChI is InChI=1S/C18H23ClN2O4/c1-12(2)10-24-16-6-5-15(19)8-14(16)9-21-13(3)7-17(20-21)25-11-18(22)23-4/h5-8,12H,9-11H2,1-4H3. The van der Waals surface area contributed by atoms with Crippen molar-refractivity contribution in [1.29, 1.82) is 0 Å². The molecule has 0 amide bonds. The largest absolute Gasteiger partial charge is 0.493 e. The quantitative estimate of drug-likeness (QED) is 0.669. The van der Waals surface area contributed by atoms with Crippen molar-refractivity contribution in [2.75, 3.05) is 20.3 Å². The number of aryl methyl sites for hydroxylation is 1. The number of methoxy groups -OCH3 is 1. The predicted molar refractivity (Wildman–Crippen MR) is 95.4 cm³/mol. The molecule has 0 fully saturated rings. The molecule has 6 nitrogen and oxygen atoms in total. The van der Waals surface area contributed by atoms with Crippen LogP contribution >= 0.6 is 11.6 Å². The third kappa shape index (κ3) is 5.67. The minimum Gasteiger partial charge on any atom is -0.493 e. The van der Waals surface area contributed by atoms with E-state index in [-0.39, 0.29) is 6.61 Å². The first-order chi connectivity index (χ1) is 11.9. The van der Waals surface area contributed by atoms with Crippen molar-refractivity contribution in [3.05, 3.63) is 40.5 Å². The Morgan fingerprint density at radius 2 is 2.04 bits per heavy atom. The average Bonchev–Trinajstić information content (AvgIpc) is 2.91. The number of halogens is 1. The Balaban J connectivity index is 2.14. The van der Waals surface area contributed by atoms with E-state index in [1.54, 1.807) is 10.7 Å². The highest BCUT2D eigenvalue weighted by Gasteiger charge is 2.12. The van der Waals surface area contributed by atoms with E-state index in [0.29, 0.717) is 30.0 Å². The van der Waals surface area contributed by atoms with E-state index in [9.17, 15) is 4.79 Å². The van der Waals surface area contributed by atoms with Gasteiger partial charge in [0.05, 0.1) is 20.3 Å². The van der Waals surface area contributed by atoms with Crippen LogP contribution in [0.2, 0.25) is 5.02 Å². The molecule has 0 N–H and O–H groups in total. The highest BCUT2D eigenvalue weighted by atomic mass is 35.5. The molecule has 0 unspecified atom stereocenters. The van der Waals surface area contributed by atoms with E-state index < -0.39 is 5.97 Å². The Labute approximate surface area is 152 Å². The van der Waals surface area contributed by atoms with Crippen LogP contribution in [-0.4, -0.2) is 36.1 Å². The van der Waals surface area contributed by atoms with Gasteiger partial charge in [-0.1, -0.05) is 25.4 Å². The SMILES string of the molecule is COC(=O)COc1cc(C)n(Cc2cc(Cl)ccc2OCC(C)C)n1. The zero-order chi connectivity index (χ0) is 18.4. The number of carbonyl (C=O) groups excluding carboxylic acids is 1. The van der Waals surface area contributed by atoms with Crippen LogP contribution in [0, 0.1) is 12.8 Å². The van der Waals surface area contributed by atoms with Crippen LogP contribution in [-0.2, 0) is 16.1 Å². The summed E-state index contributed by atoms with van der Waals surface area (Å²) >= 11 is 6.13. The summed E-state index contributed by atoms with van der Waals surface area (Å²) in [5, 5.41) is 5.00. The van der Waals surface area contributed by atoms with E-state index in [1.165, 1.54) is 7.11 Å². The second kappa shape index (κ2) is 8.76. The lowest BCUT2D eigenvalue weighted by Crippen LogP contribution is -2.13. The lowest BCUT2D eigenvalue weighted by molar-refractivity contribution is -0.143. The molecule has 0 radical (unpaired) electrons. The van der Waals surface area contributed by atoms with Crippen molar-refractivity contribution in [2.24, 2.45) is 5.92 Å². The van der Waals surface area contributed by atoms with E-state index in [4.69, 9.17) is 21.1 Å². The van der Waals surface area contributed by atoms with Gasteiger partial charge < -0.3 is 14.2 Å². The maximum Gasteiger partial charge on any atom is 0.343 e. The molecule has 0 saturated carbocycles. The van der Waals surface area contributed by atoms with Crippen molar-refractivity contribution in [3.8, 4) is 11.6 Å². The minimum atomic E-state index is -0.452. The van der Waals surface area contributed by atoms with Gasteiger partial charge in [-0.25, -0.2) is 4.79 Å². The van der Waals surface area contributed by atoms with Crippen molar-refractivity contribution in [2.45, 2.75) is 27.3 Å². The van der Waals surface area contributed by atoms with Crippen LogP contribution in [0.1, 0.15) is 25.1 Å². The number of ether oxygens (including phenoxy) is 3. The fourth-order valence-corrected chi connectivity index (χ4v) is 2.33. The Hall–Kier alpha value is -2.21. The van der Waals surface area contributed by atoms with Gasteiger partial charge >= 0.3 is 5.97 Å². The van der Waals surface area contributed by atoms with Gasteiger partial charge in [0.1, 0.15) is 5.75 Å². The lowest BCUT2D eigenvalue weighted by Gasteiger charge is -2.14. The molecule has 25 heavy (non-hydrogen) atoms. The Morgan fingerprint density at radius 3 is 2.72 bits per heavy atom. The minimum absolute atomic E-state index is 0.174. The number of benzene rings is 1. The lowest BCUT2D eigenvalue weighted by atomic mass is 10.2. The summed E-state index contributed by atoms with van der Waals surface area (Å²) in [4.78, 5) is 11.2. The molecule has 0 aliphatic carbocycles. The normalized spacial score (nSPS) is 10.8. The monoisotopic (exact) mass is 366 g/mol. The van der Waals surface area contributed by atoms with Crippen LogP contribution in [0.4, 0.5) is 0 Å². The molecule has 1 aromatic carbocycles. The van der Waals surface area contributed by atoms with Crippen LogP contribution in [0.15, 0.2) is 24.3 Å². The smallest absolute Gasteiger partial charge is 0.343 e. The van der Waals surface area contributed by atoms with Gasteiger partial charge in [0.25, 0.3) is 0 Å². The topological polar surface area (TPSA) is 62.6 Å². The molecule has 0 aliphatic heterocycles. The van der Waals surface area contributed by atoms with Gasteiger partial charge in [0.2, 0.25) is 5.88 Å². The first kappa shape index (κ1) is 19.1. The van der Waals surface area contributed by atoms with Gasteiger partial charge in [-0.15, -0.1) is 5.10 Å². The van der Waals surface area contributed by atoms with E-state index in [0.717, 1.165) is 17.0 Å². The molecule has 0 aliphatic rings. The third-order valence-electron chi connectivity index (χ3n) is 3.44. The number of esters is 1. The molecule has 2 rings (SSSR count). The summed E-state index contributed by atoms with van der Waals surface area (Å²) in [7, 11) is 1.31. The molecule has 7 heteroatoms. The van der Waals surface area contributed by atoms with E-state index in [2.05, 4.69) is 23.7 Å². The number of hydrogen-bond acceptors (Lipinski definition) is 5. The molecular weight excluding hydrogens is 344 g/mol. The molecule has 1 aromatic heterocycles. The van der Waals surface area contributed by atoms with Crippen LogP contribution in [0.25, 0.3) is 0 Å². The van der Waals surface area contributed by atoms with Gasteiger partial charge in [0, 0.05) is 22.3 Å². The highest BCUT2D eigenvalue weighted by Crippen LogP contribution is 2.25. The van der Waals surface area contributed by atoms with Crippen molar-refractivity contribution < 1.29 is 19.0 Å². The summed E-state index contributed by atoms with van der Waals surface area (Å²) < 4.78 is 17.5. The Bertz CT molecular complexity index is 728. The highest BCUT2D eigenvalue weighted by molar-refractivity contribution is 6.30. The fraction of sp³-hybridized carbons (Fsp3) is 0.444. The molecule has 2 aromatic rings. The van der Waals surface area contributed by atoms with Crippen molar-refractivity contribution in [3.63, 3.8) is 0 Å². The molecule has 0 bridgehead atoms. The maximum atomic E-state index is 11.2. The number of nitrogens with zero attached hydrogens (tertiary/aromatic N) is 2. The zero-order valence-electron chi connectivity index (χ0n) is 14.9. The van der Waals surface area contributed by atoms with E-state index >= 15 is 0 Å². The second-order valence-corrected chi connectivity index (χ2v) is 6.54. The molecular formula is C18H23ClN2O4. The molecule has 0 spiro atoms. The number of hydrogen-bond donors (Lipinski definition) is 0. The van der Waals surface area contributed by atoms with E-state index in [1.807, 2.05) is 25.1 Å². The third-order valence-corrected chi connectivity index (χ3v) is 3.67. The van der Waals surface area contributed by atoms with Crippen LogP contribution < -0.4 is 9.47 Å². The van der Waals surface area contributed by atoms with Crippen LogP contribution in [0.3, 0.4) is 0 Å². The van der Waals surface area contributed by atoms with Gasteiger partial charge in [-0.05, 0) is 31.0 Å². The summed E-state index contributed by atoms with van der Waals surface area (Å²) in [6.07, 6.45) is 0. The molecule has 1 heterocycles. The Morgan fingerprint density at radius 1 is 1.28 bits per heavy atom. The first-order valence-corrected chi connectivity index (χ1v) is 8.42. The fourth-order valence-electron chi connectivity index (χ4n) is 2.13. The summed E-state index contributed by atoms with van der Waals surface area (Å²) in [6.45, 7) is 7.04. The average molecular weight is 367 g/mol. The predicted octanol–water partition coefficient (Wildman–Crippen LogP) is 3.48. The number of carbonyl (C=O) groups is 1. The molecule has 0 atom stereocenters. The Kier molecular flexibility index (Phi) is 6.70. The number of rotatable bonds is 8. The second-order valence-electron chi connectivity index (χ2n) is 6.10.